The summed E-state index contributed by atoms with van der Waals surface area (Å²) in [6.45, 7) is 0. The summed E-state index contributed by atoms with van der Waals surface area (Å²) in [6.07, 6.45) is 0. The van der Waals surface area contributed by atoms with Crippen LogP contribution in [0.3, 0.4) is 0 Å². The molecule has 0 amide bonds. The van der Waals surface area contributed by atoms with Crippen LogP contribution in [-0.4, -0.2) is 39.8 Å². The van der Waals surface area contributed by atoms with Crippen LogP contribution in [0, 0.1) is 0 Å². The van der Waals surface area contributed by atoms with E-state index in [4.69, 9.17) is 5.73 Å². The Morgan fingerprint density at radius 3 is 2.83 bits per heavy atom. The number of rotatable bonds is 4. The second-order valence-electron chi connectivity index (χ2n) is 4.83. The van der Waals surface area contributed by atoms with Gasteiger partial charge in [0.05, 0.1) is 11.4 Å². The standard InChI is InChI=1S/C13H11N9OS/c14-9-6-11(23)15-12-17-18-13(21(9)12)24-7-10-16-19-20-22(10)8-4-2-1-3-5-8/h1-6H,7,14H2,(H,15,17,23). The molecule has 0 aliphatic heterocycles. The summed E-state index contributed by atoms with van der Waals surface area (Å²) in [5, 5.41) is 20.3. The van der Waals surface area contributed by atoms with Crippen molar-refractivity contribution >= 4 is 23.4 Å². The van der Waals surface area contributed by atoms with Crippen LogP contribution in [0.25, 0.3) is 11.5 Å². The number of aromatic amines is 1. The first kappa shape index (κ1) is 14.4. The molecule has 4 rings (SSSR count). The first-order valence-corrected chi connectivity index (χ1v) is 7.90. The molecule has 3 aromatic heterocycles. The van der Waals surface area contributed by atoms with Crippen molar-refractivity contribution in [3.05, 3.63) is 52.6 Å². The second kappa shape index (κ2) is 5.77. The SMILES string of the molecule is Nc1cc(=O)[nH]c2nnc(SCc3nnnn3-c3ccccc3)n12. The predicted molar refractivity (Wildman–Crippen MR) is 86.7 cm³/mol. The van der Waals surface area contributed by atoms with Gasteiger partial charge >= 0.3 is 0 Å². The van der Waals surface area contributed by atoms with Crippen molar-refractivity contribution in [2.75, 3.05) is 5.73 Å². The van der Waals surface area contributed by atoms with Crippen molar-refractivity contribution in [2.24, 2.45) is 0 Å². The first-order chi connectivity index (χ1) is 11.7. The number of nitrogens with two attached hydrogens (primary N) is 1. The number of para-hydroxylation sites is 1. The number of H-pyrrole nitrogens is 1. The van der Waals surface area contributed by atoms with Crippen LogP contribution in [0.4, 0.5) is 5.82 Å². The summed E-state index contributed by atoms with van der Waals surface area (Å²) in [7, 11) is 0. The fourth-order valence-corrected chi connectivity index (χ4v) is 3.07. The summed E-state index contributed by atoms with van der Waals surface area (Å²) in [4.78, 5) is 14.0. The van der Waals surface area contributed by atoms with E-state index in [1.54, 1.807) is 9.08 Å². The van der Waals surface area contributed by atoms with Gasteiger partial charge in [-0.15, -0.1) is 15.3 Å². The highest BCUT2D eigenvalue weighted by Gasteiger charge is 2.13. The molecular formula is C13H11N9OS. The highest BCUT2D eigenvalue weighted by Crippen LogP contribution is 2.22. The lowest BCUT2D eigenvalue weighted by atomic mass is 10.3. The highest BCUT2D eigenvalue weighted by molar-refractivity contribution is 7.98. The van der Waals surface area contributed by atoms with E-state index in [1.807, 2.05) is 30.3 Å². The van der Waals surface area contributed by atoms with E-state index >= 15 is 0 Å². The molecule has 11 heteroatoms. The van der Waals surface area contributed by atoms with Crippen LogP contribution < -0.4 is 11.3 Å². The molecule has 10 nitrogen and oxygen atoms in total. The zero-order valence-corrected chi connectivity index (χ0v) is 13.0. The topological polar surface area (TPSA) is 133 Å². The van der Waals surface area contributed by atoms with Crippen LogP contribution in [-0.2, 0) is 5.75 Å². The third kappa shape index (κ3) is 2.50. The minimum Gasteiger partial charge on any atom is -0.385 e. The maximum atomic E-state index is 11.4. The van der Waals surface area contributed by atoms with E-state index in [1.165, 1.54) is 17.8 Å². The zero-order chi connectivity index (χ0) is 16.5. The molecule has 0 atom stereocenters. The van der Waals surface area contributed by atoms with Crippen LogP contribution in [0.2, 0.25) is 0 Å². The fourth-order valence-electron chi connectivity index (χ4n) is 2.22. The highest BCUT2D eigenvalue weighted by atomic mass is 32.2. The molecule has 0 saturated heterocycles. The molecule has 0 bridgehead atoms. The Kier molecular flexibility index (Phi) is 3.46. The normalized spacial score (nSPS) is 11.2. The summed E-state index contributed by atoms with van der Waals surface area (Å²) in [6, 6.07) is 10.9. The van der Waals surface area contributed by atoms with Crippen molar-refractivity contribution < 1.29 is 0 Å². The lowest BCUT2D eigenvalue weighted by molar-refractivity contribution is 0.777. The molecule has 0 unspecified atom stereocenters. The number of thioether (sulfide) groups is 1. The smallest absolute Gasteiger partial charge is 0.254 e. The van der Waals surface area contributed by atoms with Gasteiger partial charge in [-0.25, -0.2) is 4.40 Å². The van der Waals surface area contributed by atoms with Crippen LogP contribution in [0.5, 0.6) is 0 Å². The molecule has 120 valence electrons. The van der Waals surface area contributed by atoms with E-state index in [0.29, 0.717) is 22.5 Å². The van der Waals surface area contributed by atoms with Gasteiger partial charge in [-0.1, -0.05) is 30.0 Å². The van der Waals surface area contributed by atoms with Crippen molar-refractivity contribution in [3.8, 4) is 5.69 Å². The molecule has 0 aliphatic rings. The zero-order valence-electron chi connectivity index (χ0n) is 12.2. The van der Waals surface area contributed by atoms with Crippen molar-refractivity contribution in [1.82, 2.24) is 39.8 Å². The fraction of sp³-hybridized carbons (Fsp3) is 0.0769. The number of benzene rings is 1. The number of tetrazole rings is 1. The first-order valence-electron chi connectivity index (χ1n) is 6.92. The molecule has 24 heavy (non-hydrogen) atoms. The summed E-state index contributed by atoms with van der Waals surface area (Å²) in [5.74, 6) is 1.68. The van der Waals surface area contributed by atoms with Crippen LogP contribution in [0.15, 0.2) is 46.3 Å². The van der Waals surface area contributed by atoms with E-state index in [9.17, 15) is 4.79 Å². The Balaban J connectivity index is 1.63. The molecule has 3 N–H and O–H groups in total. The number of hydrogen-bond donors (Lipinski definition) is 2. The second-order valence-corrected chi connectivity index (χ2v) is 5.77. The number of nitrogens with zero attached hydrogens (tertiary/aromatic N) is 7. The predicted octanol–water partition coefficient (Wildman–Crippen LogP) is 0.268. The lowest BCUT2D eigenvalue weighted by Crippen LogP contribution is -2.11. The number of fused-ring (bicyclic) bond motifs is 1. The monoisotopic (exact) mass is 341 g/mol. The number of hydrogen-bond acceptors (Lipinski definition) is 8. The molecule has 4 aromatic rings. The van der Waals surface area contributed by atoms with E-state index in [0.717, 1.165) is 5.69 Å². The van der Waals surface area contributed by atoms with Gasteiger partial charge in [0.2, 0.25) is 5.78 Å². The van der Waals surface area contributed by atoms with E-state index in [-0.39, 0.29) is 11.4 Å². The van der Waals surface area contributed by atoms with Gasteiger partial charge in [-0.3, -0.25) is 9.78 Å². The minimum atomic E-state index is -0.322. The Morgan fingerprint density at radius 1 is 1.17 bits per heavy atom. The Bertz CT molecular complexity index is 1050. The van der Waals surface area contributed by atoms with Gasteiger partial charge in [-0.05, 0) is 22.6 Å². The quantitative estimate of drug-likeness (QED) is 0.505. The summed E-state index contributed by atoms with van der Waals surface area (Å²) < 4.78 is 3.23. The maximum Gasteiger partial charge on any atom is 0.254 e. The van der Waals surface area contributed by atoms with Gasteiger partial charge in [0.1, 0.15) is 5.82 Å². The van der Waals surface area contributed by atoms with Crippen molar-refractivity contribution in [1.29, 1.82) is 0 Å². The van der Waals surface area contributed by atoms with Crippen molar-refractivity contribution in [3.63, 3.8) is 0 Å². The molecule has 0 radical (unpaired) electrons. The van der Waals surface area contributed by atoms with Crippen LogP contribution in [0.1, 0.15) is 5.82 Å². The molecule has 0 fully saturated rings. The lowest BCUT2D eigenvalue weighted by Gasteiger charge is -2.04. The number of nitrogens with one attached hydrogen (secondary N) is 1. The molecule has 0 saturated carbocycles. The third-order valence-corrected chi connectivity index (χ3v) is 4.20. The Labute approximate surface area is 138 Å². The largest absolute Gasteiger partial charge is 0.385 e. The third-order valence-electron chi connectivity index (χ3n) is 3.27. The Hall–Kier alpha value is -3.21. The van der Waals surface area contributed by atoms with Crippen molar-refractivity contribution in [2.45, 2.75) is 10.9 Å². The Morgan fingerprint density at radius 2 is 2.00 bits per heavy atom. The van der Waals surface area contributed by atoms with Gasteiger partial charge in [0.25, 0.3) is 5.56 Å². The van der Waals surface area contributed by atoms with Gasteiger partial charge in [0.15, 0.2) is 11.0 Å². The molecular weight excluding hydrogens is 330 g/mol. The average molecular weight is 341 g/mol. The number of aromatic nitrogens is 8. The number of anilines is 1. The molecule has 0 spiro atoms. The maximum absolute atomic E-state index is 11.4. The average Bonchev–Trinajstić information content (AvgIpc) is 3.20. The summed E-state index contributed by atoms with van der Waals surface area (Å²) in [5.41, 5.74) is 6.42. The minimum absolute atomic E-state index is 0.268. The van der Waals surface area contributed by atoms with Crippen LogP contribution >= 0.6 is 11.8 Å². The van der Waals surface area contributed by atoms with Gasteiger partial charge < -0.3 is 5.73 Å². The molecule has 0 aliphatic carbocycles. The van der Waals surface area contributed by atoms with E-state index in [2.05, 4.69) is 30.7 Å². The molecule has 1 aromatic carbocycles. The molecule has 3 heterocycles. The van der Waals surface area contributed by atoms with Gasteiger partial charge in [0, 0.05) is 6.07 Å². The van der Waals surface area contributed by atoms with Gasteiger partial charge in [-0.2, -0.15) is 4.68 Å². The van der Waals surface area contributed by atoms with E-state index < -0.39 is 0 Å². The summed E-state index contributed by atoms with van der Waals surface area (Å²) >= 11 is 1.37. The number of nitrogen functional groups attached to an aromatic ring is 1.